The lowest BCUT2D eigenvalue weighted by molar-refractivity contribution is -0.148. The molecule has 0 aliphatic carbocycles. The summed E-state index contributed by atoms with van der Waals surface area (Å²) in [7, 11) is 0. The summed E-state index contributed by atoms with van der Waals surface area (Å²) >= 11 is 0. The Kier molecular flexibility index (Phi) is 5.20. The first-order chi connectivity index (χ1) is 14.1. The highest BCUT2D eigenvalue weighted by atomic mass is 16.5. The van der Waals surface area contributed by atoms with Crippen LogP contribution in [0.5, 0.6) is 0 Å². The highest BCUT2D eigenvalue weighted by molar-refractivity contribution is 5.77. The normalized spacial score (nSPS) is 11.9. The minimum absolute atomic E-state index is 0.150. The van der Waals surface area contributed by atoms with E-state index < -0.39 is 6.10 Å². The van der Waals surface area contributed by atoms with E-state index in [4.69, 9.17) is 4.74 Å². The number of carbonyl (C=O) groups excluding carboxylic acids is 1. The molecule has 0 aliphatic heterocycles. The Hall–Kier alpha value is -3.73. The van der Waals surface area contributed by atoms with Crippen molar-refractivity contribution in [2.45, 2.75) is 19.4 Å². The summed E-state index contributed by atoms with van der Waals surface area (Å²) in [4.78, 5) is 31.7. The average Bonchev–Trinajstić information content (AvgIpc) is 2.75. The summed E-state index contributed by atoms with van der Waals surface area (Å²) in [6.07, 6.45) is -0.500. The van der Waals surface area contributed by atoms with Gasteiger partial charge in [-0.25, -0.2) is 4.98 Å². The van der Waals surface area contributed by atoms with E-state index in [1.807, 2.05) is 60.7 Å². The van der Waals surface area contributed by atoms with Crippen molar-refractivity contribution in [3.63, 3.8) is 0 Å². The van der Waals surface area contributed by atoms with Crippen LogP contribution in [0.15, 0.2) is 83.7 Å². The van der Waals surface area contributed by atoms with E-state index in [9.17, 15) is 9.59 Å². The molecule has 3 aromatic carbocycles. The van der Waals surface area contributed by atoms with Crippen LogP contribution in [0.1, 0.15) is 24.4 Å². The summed E-state index contributed by atoms with van der Waals surface area (Å²) in [5.41, 5.74) is 3.41. The van der Waals surface area contributed by atoms with Gasteiger partial charge in [-0.3, -0.25) is 9.59 Å². The van der Waals surface area contributed by atoms with Crippen molar-refractivity contribution in [2.75, 3.05) is 0 Å². The van der Waals surface area contributed by atoms with Crippen LogP contribution in [0.2, 0.25) is 0 Å². The number of hydrogen-bond donors (Lipinski definition) is 1. The van der Waals surface area contributed by atoms with E-state index in [0.717, 1.165) is 16.7 Å². The molecule has 29 heavy (non-hydrogen) atoms. The molecule has 4 rings (SSSR count). The Morgan fingerprint density at radius 1 is 0.931 bits per heavy atom. The van der Waals surface area contributed by atoms with Gasteiger partial charge >= 0.3 is 5.97 Å². The van der Waals surface area contributed by atoms with Gasteiger partial charge in [0, 0.05) is 0 Å². The van der Waals surface area contributed by atoms with Crippen molar-refractivity contribution in [1.29, 1.82) is 0 Å². The van der Waals surface area contributed by atoms with Gasteiger partial charge in [0.15, 0.2) is 11.9 Å². The second kappa shape index (κ2) is 8.10. The smallest absolute Gasteiger partial charge is 0.310 e. The van der Waals surface area contributed by atoms with Crippen molar-refractivity contribution < 1.29 is 9.53 Å². The molecule has 0 aliphatic rings. The highest BCUT2D eigenvalue weighted by Gasteiger charge is 2.16. The number of para-hydroxylation sites is 1. The van der Waals surface area contributed by atoms with E-state index in [0.29, 0.717) is 16.7 Å². The molecule has 1 heterocycles. The number of aromatic nitrogens is 2. The molecule has 1 aromatic heterocycles. The third kappa shape index (κ3) is 4.24. The quantitative estimate of drug-likeness (QED) is 0.517. The summed E-state index contributed by atoms with van der Waals surface area (Å²) in [6.45, 7) is 1.70. The fraction of sp³-hybridized carbons (Fsp3) is 0.125. The van der Waals surface area contributed by atoms with Gasteiger partial charge in [0.1, 0.15) is 0 Å². The van der Waals surface area contributed by atoms with Crippen LogP contribution >= 0.6 is 0 Å². The summed E-state index contributed by atoms with van der Waals surface area (Å²) in [6, 6.07) is 24.9. The number of nitrogens with one attached hydrogen (secondary N) is 1. The number of benzene rings is 3. The van der Waals surface area contributed by atoms with Gasteiger partial charge in [0.2, 0.25) is 0 Å². The van der Waals surface area contributed by atoms with Crippen molar-refractivity contribution >= 4 is 16.9 Å². The number of fused-ring (bicyclic) bond motifs is 1. The summed E-state index contributed by atoms with van der Waals surface area (Å²) in [5.74, 6) is -0.0396. The molecule has 0 unspecified atom stereocenters. The summed E-state index contributed by atoms with van der Waals surface area (Å²) < 4.78 is 5.49. The zero-order valence-corrected chi connectivity index (χ0v) is 16.0. The van der Waals surface area contributed by atoms with Gasteiger partial charge in [0.05, 0.1) is 17.3 Å². The second-order valence-corrected chi connectivity index (χ2v) is 6.84. The molecule has 5 nitrogen and oxygen atoms in total. The van der Waals surface area contributed by atoms with E-state index in [2.05, 4.69) is 9.97 Å². The van der Waals surface area contributed by atoms with Gasteiger partial charge < -0.3 is 9.72 Å². The number of carbonyl (C=O) groups is 1. The number of rotatable bonds is 5. The van der Waals surface area contributed by atoms with Crippen LogP contribution in [0.25, 0.3) is 22.0 Å². The maximum atomic E-state index is 12.4. The van der Waals surface area contributed by atoms with E-state index in [-0.39, 0.29) is 17.9 Å². The first kappa shape index (κ1) is 18.6. The Bertz CT molecular complexity index is 1200. The number of H-pyrrole nitrogens is 1. The molecule has 144 valence electrons. The molecular formula is C24H20N2O3. The molecular weight excluding hydrogens is 364 g/mol. The fourth-order valence-corrected chi connectivity index (χ4v) is 3.20. The third-order valence-corrected chi connectivity index (χ3v) is 4.73. The van der Waals surface area contributed by atoms with Crippen molar-refractivity contribution in [1.82, 2.24) is 9.97 Å². The maximum Gasteiger partial charge on any atom is 0.310 e. The number of nitrogens with zero attached hydrogens (tertiary/aromatic N) is 1. The minimum atomic E-state index is -0.650. The standard InChI is InChI=1S/C24H20N2O3/c1-16(23-25-21-10-6-5-9-20(21)24(28)26-23)29-22(27)15-17-11-13-19(14-12-17)18-7-3-2-4-8-18/h2-14,16H,15H2,1H3,(H,25,26,28)/t16-/m0/s1. The van der Waals surface area contributed by atoms with Crippen LogP contribution in [0.3, 0.4) is 0 Å². The molecule has 0 saturated heterocycles. The minimum Gasteiger partial charge on any atom is -0.454 e. The molecule has 0 radical (unpaired) electrons. The monoisotopic (exact) mass is 384 g/mol. The molecule has 5 heteroatoms. The molecule has 0 bridgehead atoms. The van der Waals surface area contributed by atoms with Crippen molar-refractivity contribution in [2.24, 2.45) is 0 Å². The number of hydrogen-bond acceptors (Lipinski definition) is 4. The van der Waals surface area contributed by atoms with E-state index >= 15 is 0 Å². The maximum absolute atomic E-state index is 12.4. The molecule has 0 spiro atoms. The van der Waals surface area contributed by atoms with Crippen LogP contribution in [-0.4, -0.2) is 15.9 Å². The first-order valence-corrected chi connectivity index (χ1v) is 9.43. The zero-order valence-electron chi connectivity index (χ0n) is 16.0. The molecule has 0 saturated carbocycles. The predicted octanol–water partition coefficient (Wildman–Crippen LogP) is 4.44. The lowest BCUT2D eigenvalue weighted by Gasteiger charge is -2.13. The number of aromatic amines is 1. The van der Waals surface area contributed by atoms with E-state index in [1.165, 1.54) is 0 Å². The van der Waals surface area contributed by atoms with Gasteiger partial charge in [0.25, 0.3) is 5.56 Å². The van der Waals surface area contributed by atoms with Gasteiger partial charge in [-0.05, 0) is 35.7 Å². The molecule has 0 fully saturated rings. The fourth-order valence-electron chi connectivity index (χ4n) is 3.20. The Labute approximate surface area is 168 Å². The first-order valence-electron chi connectivity index (χ1n) is 9.43. The Morgan fingerprint density at radius 3 is 2.34 bits per heavy atom. The van der Waals surface area contributed by atoms with Crippen LogP contribution in [0.4, 0.5) is 0 Å². The molecule has 4 aromatic rings. The second-order valence-electron chi connectivity index (χ2n) is 6.84. The van der Waals surface area contributed by atoms with Gasteiger partial charge in [-0.1, -0.05) is 66.7 Å². The molecule has 1 N–H and O–H groups in total. The summed E-state index contributed by atoms with van der Waals surface area (Å²) in [5, 5.41) is 0.508. The number of ether oxygens (including phenoxy) is 1. The van der Waals surface area contributed by atoms with Gasteiger partial charge in [-0.15, -0.1) is 0 Å². The predicted molar refractivity (Wildman–Crippen MR) is 112 cm³/mol. The molecule has 0 amide bonds. The number of esters is 1. The van der Waals surface area contributed by atoms with Crippen LogP contribution in [-0.2, 0) is 16.0 Å². The Balaban J connectivity index is 1.44. The zero-order chi connectivity index (χ0) is 20.2. The average molecular weight is 384 g/mol. The van der Waals surface area contributed by atoms with Gasteiger partial charge in [-0.2, -0.15) is 0 Å². The SMILES string of the molecule is C[C@H](OC(=O)Cc1ccc(-c2ccccc2)cc1)c1nc2ccccc2c(=O)[nH]1. The van der Waals surface area contributed by atoms with Crippen LogP contribution in [0, 0.1) is 0 Å². The Morgan fingerprint density at radius 2 is 1.59 bits per heavy atom. The highest BCUT2D eigenvalue weighted by Crippen LogP contribution is 2.20. The van der Waals surface area contributed by atoms with Crippen molar-refractivity contribution in [3.05, 3.63) is 101 Å². The lowest BCUT2D eigenvalue weighted by atomic mass is 10.0. The molecule has 1 atom stereocenters. The van der Waals surface area contributed by atoms with Crippen LogP contribution < -0.4 is 5.56 Å². The topological polar surface area (TPSA) is 72.0 Å². The lowest BCUT2D eigenvalue weighted by Crippen LogP contribution is -2.18. The van der Waals surface area contributed by atoms with E-state index in [1.54, 1.807) is 25.1 Å². The third-order valence-electron chi connectivity index (χ3n) is 4.73. The largest absolute Gasteiger partial charge is 0.454 e. The van der Waals surface area contributed by atoms with Crippen molar-refractivity contribution in [3.8, 4) is 11.1 Å².